The summed E-state index contributed by atoms with van der Waals surface area (Å²) in [5.74, 6) is -0.578. The van der Waals surface area contributed by atoms with Crippen LogP contribution in [0.1, 0.15) is 17.2 Å². The number of Topliss-reactive ketones (excluding diaryl/α,β-unsaturated/α-hetero) is 1. The van der Waals surface area contributed by atoms with E-state index in [1.165, 1.54) is 4.90 Å². The molecule has 0 bridgehead atoms. The second-order valence-corrected chi connectivity index (χ2v) is 8.33. The Morgan fingerprint density at radius 1 is 0.906 bits per heavy atom. The van der Waals surface area contributed by atoms with Crippen LogP contribution in [0.4, 0.5) is 5.69 Å². The molecule has 32 heavy (non-hydrogen) atoms. The summed E-state index contributed by atoms with van der Waals surface area (Å²) in [5.41, 5.74) is 1.69. The van der Waals surface area contributed by atoms with E-state index >= 15 is 0 Å². The van der Waals surface area contributed by atoms with Gasteiger partial charge in [0.1, 0.15) is 19.0 Å². The molecular formula is C25H18BrNO5. The van der Waals surface area contributed by atoms with Gasteiger partial charge in [-0.3, -0.25) is 14.5 Å². The normalized spacial score (nSPS) is 19.3. The number of carbonyl (C=O) groups is 2. The van der Waals surface area contributed by atoms with Crippen LogP contribution in [0.3, 0.4) is 0 Å². The minimum atomic E-state index is -0.789. The number of halogens is 1. The highest BCUT2D eigenvalue weighted by molar-refractivity contribution is 9.10. The number of ketones is 1. The van der Waals surface area contributed by atoms with Gasteiger partial charge in [0.05, 0.1) is 11.6 Å². The topological polar surface area (TPSA) is 76.1 Å². The average Bonchev–Trinajstić information content (AvgIpc) is 3.10. The lowest BCUT2D eigenvalue weighted by molar-refractivity contribution is -0.132. The summed E-state index contributed by atoms with van der Waals surface area (Å²) in [4.78, 5) is 27.8. The summed E-state index contributed by atoms with van der Waals surface area (Å²) in [6, 6.07) is 20.4. The van der Waals surface area contributed by atoms with Crippen molar-refractivity contribution in [1.82, 2.24) is 0 Å². The maximum atomic E-state index is 13.2. The first-order chi connectivity index (χ1) is 15.5. The van der Waals surface area contributed by atoms with Crippen molar-refractivity contribution >= 4 is 39.1 Å². The molecule has 0 spiro atoms. The number of carbonyl (C=O) groups excluding carboxylic acids is 2. The Balaban J connectivity index is 1.68. The number of hydrogen-bond donors (Lipinski definition) is 1. The molecule has 2 aliphatic heterocycles. The zero-order valence-corrected chi connectivity index (χ0v) is 18.4. The number of rotatable bonds is 3. The zero-order valence-electron chi connectivity index (χ0n) is 16.8. The quantitative estimate of drug-likeness (QED) is 0.322. The summed E-state index contributed by atoms with van der Waals surface area (Å²) >= 11 is 3.37. The predicted octanol–water partition coefficient (Wildman–Crippen LogP) is 4.85. The van der Waals surface area contributed by atoms with E-state index in [0.29, 0.717) is 41.5 Å². The number of nitrogens with zero attached hydrogens (tertiary/aromatic N) is 1. The fourth-order valence-corrected chi connectivity index (χ4v) is 4.26. The van der Waals surface area contributed by atoms with E-state index in [9.17, 15) is 14.7 Å². The number of amides is 1. The van der Waals surface area contributed by atoms with Crippen LogP contribution in [-0.2, 0) is 9.59 Å². The molecule has 1 atom stereocenters. The number of hydrogen-bond acceptors (Lipinski definition) is 5. The molecule has 2 aliphatic rings. The molecule has 1 fully saturated rings. The van der Waals surface area contributed by atoms with Crippen molar-refractivity contribution in [2.45, 2.75) is 6.04 Å². The van der Waals surface area contributed by atoms with Crippen molar-refractivity contribution in [1.29, 1.82) is 0 Å². The van der Waals surface area contributed by atoms with Crippen LogP contribution in [-0.4, -0.2) is 30.0 Å². The molecular weight excluding hydrogens is 474 g/mol. The molecule has 0 saturated carbocycles. The van der Waals surface area contributed by atoms with Gasteiger partial charge in [-0.2, -0.15) is 0 Å². The molecule has 7 heteroatoms. The minimum Gasteiger partial charge on any atom is -0.507 e. The summed E-state index contributed by atoms with van der Waals surface area (Å²) in [7, 11) is 0. The van der Waals surface area contributed by atoms with Gasteiger partial charge in [-0.25, -0.2) is 0 Å². The van der Waals surface area contributed by atoms with Gasteiger partial charge in [0.15, 0.2) is 11.5 Å². The maximum Gasteiger partial charge on any atom is 0.300 e. The van der Waals surface area contributed by atoms with Gasteiger partial charge < -0.3 is 14.6 Å². The van der Waals surface area contributed by atoms with Gasteiger partial charge in [0.25, 0.3) is 11.7 Å². The van der Waals surface area contributed by atoms with Gasteiger partial charge >= 0.3 is 0 Å². The number of aliphatic hydroxyl groups excluding tert-OH is 1. The number of benzene rings is 3. The first kappa shape index (κ1) is 20.3. The lowest BCUT2D eigenvalue weighted by atomic mass is 9.95. The Labute approximate surface area is 192 Å². The van der Waals surface area contributed by atoms with Gasteiger partial charge in [-0.05, 0) is 29.8 Å². The highest BCUT2D eigenvalue weighted by Gasteiger charge is 2.47. The molecule has 3 aromatic carbocycles. The van der Waals surface area contributed by atoms with E-state index in [4.69, 9.17) is 9.47 Å². The van der Waals surface area contributed by atoms with Crippen molar-refractivity contribution in [2.24, 2.45) is 0 Å². The molecule has 1 amide bonds. The monoisotopic (exact) mass is 491 g/mol. The van der Waals surface area contributed by atoms with E-state index in [1.807, 2.05) is 30.3 Å². The molecule has 0 aliphatic carbocycles. The maximum absolute atomic E-state index is 13.2. The van der Waals surface area contributed by atoms with Crippen LogP contribution in [0.5, 0.6) is 11.5 Å². The average molecular weight is 492 g/mol. The first-order valence-electron chi connectivity index (χ1n) is 10.1. The van der Waals surface area contributed by atoms with E-state index in [2.05, 4.69) is 15.9 Å². The van der Waals surface area contributed by atoms with E-state index in [-0.39, 0.29) is 11.3 Å². The molecule has 0 aromatic heterocycles. The summed E-state index contributed by atoms with van der Waals surface area (Å²) in [5, 5.41) is 11.1. The van der Waals surface area contributed by atoms with Crippen LogP contribution >= 0.6 is 15.9 Å². The summed E-state index contributed by atoms with van der Waals surface area (Å²) < 4.78 is 12.1. The lowest BCUT2D eigenvalue weighted by Crippen LogP contribution is -2.29. The van der Waals surface area contributed by atoms with Crippen LogP contribution in [0, 0.1) is 0 Å². The Morgan fingerprint density at radius 2 is 1.59 bits per heavy atom. The van der Waals surface area contributed by atoms with Crippen LogP contribution < -0.4 is 14.4 Å². The minimum absolute atomic E-state index is 0.0402. The Morgan fingerprint density at radius 3 is 2.31 bits per heavy atom. The van der Waals surface area contributed by atoms with Crippen LogP contribution in [0.25, 0.3) is 5.76 Å². The SMILES string of the molecule is O=C1C(=O)N(c2ccc3c(c2)OCCO3)C(c2ccccc2)/C1=C(\O)c1ccc(Br)cc1. The van der Waals surface area contributed by atoms with Crippen molar-refractivity contribution in [3.63, 3.8) is 0 Å². The predicted molar refractivity (Wildman–Crippen MR) is 123 cm³/mol. The van der Waals surface area contributed by atoms with E-state index < -0.39 is 17.7 Å². The van der Waals surface area contributed by atoms with Gasteiger partial charge in [-0.15, -0.1) is 0 Å². The number of ether oxygens (including phenoxy) is 2. The molecule has 1 unspecified atom stereocenters. The first-order valence-corrected chi connectivity index (χ1v) is 10.9. The van der Waals surface area contributed by atoms with Crippen molar-refractivity contribution in [3.8, 4) is 11.5 Å². The summed E-state index contributed by atoms with van der Waals surface area (Å²) in [6.45, 7) is 0.856. The second kappa shape index (κ2) is 8.16. The Hall–Kier alpha value is -3.58. The molecule has 160 valence electrons. The smallest absolute Gasteiger partial charge is 0.300 e. The second-order valence-electron chi connectivity index (χ2n) is 7.41. The largest absolute Gasteiger partial charge is 0.507 e. The molecule has 5 rings (SSSR count). The van der Waals surface area contributed by atoms with Gasteiger partial charge in [0.2, 0.25) is 0 Å². The zero-order chi connectivity index (χ0) is 22.2. The number of fused-ring (bicyclic) bond motifs is 1. The van der Waals surface area contributed by atoms with E-state index in [0.717, 1.165) is 4.47 Å². The molecule has 6 nitrogen and oxygen atoms in total. The van der Waals surface area contributed by atoms with E-state index in [1.54, 1.807) is 42.5 Å². The standard InChI is InChI=1S/C25H18BrNO5/c26-17-8-6-16(7-9-17)23(28)21-22(15-4-2-1-3-5-15)27(25(30)24(21)29)18-10-11-19-20(14-18)32-13-12-31-19/h1-11,14,22,28H,12-13H2/b23-21+. The van der Waals surface area contributed by atoms with Crippen molar-refractivity contribution < 1.29 is 24.2 Å². The Bertz CT molecular complexity index is 1240. The van der Waals surface area contributed by atoms with Crippen LogP contribution in [0.15, 0.2) is 82.8 Å². The van der Waals surface area contributed by atoms with Crippen LogP contribution in [0.2, 0.25) is 0 Å². The third-order valence-corrected chi connectivity index (χ3v) is 6.01. The number of aliphatic hydroxyl groups is 1. The molecule has 0 radical (unpaired) electrons. The molecule has 1 saturated heterocycles. The third-order valence-electron chi connectivity index (χ3n) is 5.48. The molecule has 3 aromatic rings. The third kappa shape index (κ3) is 3.44. The van der Waals surface area contributed by atoms with Gasteiger partial charge in [0, 0.05) is 21.8 Å². The Kier molecular flexibility index (Phi) is 5.19. The molecule has 2 heterocycles. The highest BCUT2D eigenvalue weighted by atomic mass is 79.9. The molecule has 1 N–H and O–H groups in total. The number of anilines is 1. The van der Waals surface area contributed by atoms with Crippen molar-refractivity contribution in [3.05, 3.63) is 94.0 Å². The highest BCUT2D eigenvalue weighted by Crippen LogP contribution is 2.44. The van der Waals surface area contributed by atoms with Crippen molar-refractivity contribution in [2.75, 3.05) is 18.1 Å². The van der Waals surface area contributed by atoms with Gasteiger partial charge in [-0.1, -0.05) is 58.4 Å². The lowest BCUT2D eigenvalue weighted by Gasteiger charge is -2.27. The fraction of sp³-hybridized carbons (Fsp3) is 0.120. The fourth-order valence-electron chi connectivity index (χ4n) is 3.99. The summed E-state index contributed by atoms with van der Waals surface area (Å²) in [6.07, 6.45) is 0.